The normalized spacial score (nSPS) is 17.8. The van der Waals surface area contributed by atoms with Crippen LogP contribution in [0.25, 0.3) is 44.3 Å². The highest BCUT2D eigenvalue weighted by Crippen LogP contribution is 2.37. The van der Waals surface area contributed by atoms with E-state index in [1.165, 1.54) is 3.97 Å². The number of hydrogen-bond donors (Lipinski definition) is 5. The van der Waals surface area contributed by atoms with Crippen molar-refractivity contribution in [2.45, 2.75) is 88.0 Å². The number of fused-ring (bicyclic) bond motifs is 2. The Balaban J connectivity index is 0.000000181. The predicted molar refractivity (Wildman–Crippen MR) is 290 cm³/mol. The minimum Gasteiger partial charge on any atom is -0.490 e. The molecule has 2 aliphatic rings. The van der Waals surface area contributed by atoms with Crippen molar-refractivity contribution in [3.8, 4) is 34.0 Å². The molecule has 4 aromatic heterocycles. The van der Waals surface area contributed by atoms with Gasteiger partial charge in [-0.1, -0.05) is 85.2 Å². The number of nitrogens with zero attached hydrogens (tertiary/aromatic N) is 5. The van der Waals surface area contributed by atoms with E-state index in [2.05, 4.69) is 31.7 Å². The largest absolute Gasteiger partial charge is 0.490 e. The Morgan fingerprint density at radius 1 is 0.611 bits per heavy atom. The van der Waals surface area contributed by atoms with Gasteiger partial charge in [0.25, 0.3) is 10.0 Å². The van der Waals surface area contributed by atoms with Crippen LogP contribution in [0.3, 0.4) is 0 Å². The third kappa shape index (κ3) is 11.2. The molecule has 17 heteroatoms. The van der Waals surface area contributed by atoms with E-state index in [0.717, 1.165) is 96.1 Å². The zero-order valence-corrected chi connectivity index (χ0v) is 40.9. The molecule has 2 saturated carbocycles. The molecule has 72 heavy (non-hydrogen) atoms. The summed E-state index contributed by atoms with van der Waals surface area (Å²) in [6.07, 6.45) is 14.7. The Morgan fingerprint density at radius 2 is 1.11 bits per heavy atom. The molecule has 14 nitrogen and oxygen atoms in total. The second-order valence-electron chi connectivity index (χ2n) is 17.8. The Kier molecular flexibility index (Phi) is 15.2. The molecule has 2 aliphatic carbocycles. The van der Waals surface area contributed by atoms with E-state index in [1.54, 1.807) is 55.0 Å². The smallest absolute Gasteiger partial charge is 0.268 e. The molecule has 0 bridgehead atoms. The van der Waals surface area contributed by atoms with Crippen molar-refractivity contribution < 1.29 is 17.9 Å². The number of aromatic nitrogens is 6. The van der Waals surface area contributed by atoms with Gasteiger partial charge in [0.1, 0.15) is 23.7 Å². The van der Waals surface area contributed by atoms with E-state index in [4.69, 9.17) is 54.1 Å². The predicted octanol–water partition coefficient (Wildman–Crippen LogP) is 12.7. The van der Waals surface area contributed by atoms with Gasteiger partial charge < -0.3 is 36.6 Å². The lowest BCUT2D eigenvalue weighted by Crippen LogP contribution is -2.33. The third-order valence-electron chi connectivity index (χ3n) is 12.9. The van der Waals surface area contributed by atoms with Crippen LogP contribution in [0.5, 0.6) is 11.5 Å². The fourth-order valence-corrected chi connectivity index (χ4v) is 11.1. The summed E-state index contributed by atoms with van der Waals surface area (Å²) >= 11 is 13.1. The monoisotopic (exact) mass is 1020 g/mol. The van der Waals surface area contributed by atoms with E-state index in [0.29, 0.717) is 44.4 Å². The van der Waals surface area contributed by atoms with Crippen LogP contribution in [0.2, 0.25) is 10.0 Å². The van der Waals surface area contributed by atoms with Crippen LogP contribution in [-0.2, 0) is 10.0 Å². The summed E-state index contributed by atoms with van der Waals surface area (Å²) in [6, 6.07) is 39.1. The van der Waals surface area contributed by atoms with Crippen LogP contribution in [0.15, 0.2) is 157 Å². The van der Waals surface area contributed by atoms with Crippen molar-refractivity contribution in [3.63, 3.8) is 0 Å². The van der Waals surface area contributed by atoms with Gasteiger partial charge in [0.2, 0.25) is 11.9 Å². The van der Waals surface area contributed by atoms with Gasteiger partial charge in [0.05, 0.1) is 44.2 Å². The van der Waals surface area contributed by atoms with Crippen LogP contribution in [0.4, 0.5) is 23.3 Å². The molecule has 11 rings (SSSR count). The standard InChI is InChI=1S/C30H28ClN5O3S.C24H24ClN5O.CH4/c31-27-18-33-30(34-21-7-6-8-23(17-21)39-22-15-13-20(32)14-16-22)35-29(27)26-19-36(28-12-5-4-11-25(26)28)40(37,38)24-9-2-1-3-10-24;25-21-14-28-24(30-23(21)20-13-27-22-7-2-1-6-19(20)22)29-16-4-3-5-18(12-16)31-17-10-8-15(26)9-11-17;/h1-5,9-16,18-19,21,23H,6-8,17,32H2,(H,33,34,35);1-2,6-11,13-14,16,18,27H,3-5,12,26H2,(H,28,29,30);1H4. The Morgan fingerprint density at radius 3 is 1.68 bits per heavy atom. The lowest BCUT2D eigenvalue weighted by molar-refractivity contribution is 0.148. The van der Waals surface area contributed by atoms with Gasteiger partial charge in [-0.3, -0.25) is 0 Å². The van der Waals surface area contributed by atoms with Gasteiger partial charge in [-0.15, -0.1) is 0 Å². The van der Waals surface area contributed by atoms with E-state index >= 15 is 0 Å². The summed E-state index contributed by atoms with van der Waals surface area (Å²) in [7, 11) is -3.84. The van der Waals surface area contributed by atoms with Gasteiger partial charge in [-0.2, -0.15) is 0 Å². The highest BCUT2D eigenvalue weighted by molar-refractivity contribution is 7.90. The average Bonchev–Trinajstić information content (AvgIpc) is 4.00. The first kappa shape index (κ1) is 49.6. The molecular formula is C55H56Cl2N10O4S. The second-order valence-corrected chi connectivity index (χ2v) is 20.5. The Bertz CT molecular complexity index is 3390. The lowest BCUT2D eigenvalue weighted by Gasteiger charge is -2.30. The van der Waals surface area contributed by atoms with E-state index in [9.17, 15) is 8.42 Å². The molecule has 370 valence electrons. The number of nitrogens with two attached hydrogens (primary N) is 2. The van der Waals surface area contributed by atoms with Crippen LogP contribution < -0.4 is 31.6 Å². The number of nitrogen functional groups attached to an aromatic ring is 2. The molecular weight excluding hydrogens is 968 g/mol. The van der Waals surface area contributed by atoms with Gasteiger partial charge >= 0.3 is 0 Å². The van der Waals surface area contributed by atoms with E-state index < -0.39 is 10.0 Å². The van der Waals surface area contributed by atoms with Crippen LogP contribution in [0, 0.1) is 0 Å². The zero-order valence-electron chi connectivity index (χ0n) is 38.6. The van der Waals surface area contributed by atoms with Crippen molar-refractivity contribution in [1.29, 1.82) is 0 Å². The van der Waals surface area contributed by atoms with Gasteiger partial charge in [-0.05, 0) is 111 Å². The van der Waals surface area contributed by atoms with Crippen LogP contribution in [0.1, 0.15) is 58.8 Å². The number of anilines is 4. The Hall–Kier alpha value is -7.33. The first-order valence-corrected chi connectivity index (χ1v) is 25.8. The van der Waals surface area contributed by atoms with Gasteiger partial charge in [0, 0.05) is 76.1 Å². The summed E-state index contributed by atoms with van der Waals surface area (Å²) in [4.78, 5) is 21.8. The first-order chi connectivity index (χ1) is 34.5. The summed E-state index contributed by atoms with van der Waals surface area (Å²) in [5.41, 5.74) is 17.4. The minimum absolute atomic E-state index is 0. The van der Waals surface area contributed by atoms with Gasteiger partial charge in [0.15, 0.2) is 0 Å². The molecule has 0 amide bonds. The summed E-state index contributed by atoms with van der Waals surface area (Å²) in [5.74, 6) is 2.67. The summed E-state index contributed by atoms with van der Waals surface area (Å²) < 4.78 is 40.8. The molecule has 0 aliphatic heterocycles. The quantitative estimate of drug-likeness (QED) is 0.0726. The molecule has 7 N–H and O–H groups in total. The number of nitrogens with one attached hydrogen (secondary N) is 3. The zero-order chi connectivity index (χ0) is 48.9. The maximum absolute atomic E-state index is 13.6. The molecule has 0 spiro atoms. The molecule has 0 radical (unpaired) electrons. The number of aromatic amines is 1. The topological polar surface area (TPSA) is 201 Å². The number of H-pyrrole nitrogens is 1. The highest BCUT2D eigenvalue weighted by atomic mass is 35.5. The van der Waals surface area contributed by atoms with Gasteiger partial charge in [-0.25, -0.2) is 32.3 Å². The van der Waals surface area contributed by atoms with Crippen molar-refractivity contribution in [1.82, 2.24) is 28.9 Å². The summed E-state index contributed by atoms with van der Waals surface area (Å²) in [6.45, 7) is 0. The lowest BCUT2D eigenvalue weighted by atomic mass is 9.93. The van der Waals surface area contributed by atoms with Crippen LogP contribution >= 0.6 is 23.2 Å². The number of hydrogen-bond acceptors (Lipinski definition) is 12. The van der Waals surface area contributed by atoms with E-state index in [-0.39, 0.29) is 36.6 Å². The van der Waals surface area contributed by atoms with Crippen LogP contribution in [-0.4, -0.2) is 61.6 Å². The molecule has 4 unspecified atom stereocenters. The van der Waals surface area contributed by atoms with Crippen molar-refractivity contribution in [2.75, 3.05) is 22.1 Å². The average molecular weight is 1020 g/mol. The third-order valence-corrected chi connectivity index (χ3v) is 15.1. The highest BCUT2D eigenvalue weighted by Gasteiger charge is 2.27. The van der Waals surface area contributed by atoms with Crippen molar-refractivity contribution in [3.05, 3.63) is 162 Å². The van der Waals surface area contributed by atoms with Crippen molar-refractivity contribution >= 4 is 78.3 Å². The number of ether oxygens (including phenoxy) is 2. The SMILES string of the molecule is C.Nc1ccc(OC2CCCC(Nc3ncc(Cl)c(-c4c[nH]c5ccccc45)n3)C2)cc1.Nc1ccc(OC2CCCC(Nc3ncc(Cl)c(-c4cn(S(=O)(=O)c5ccccc5)c5ccccc45)n3)C2)cc1. The molecule has 0 saturated heterocycles. The first-order valence-electron chi connectivity index (χ1n) is 23.6. The molecule has 4 atom stereocenters. The second kappa shape index (κ2) is 22.0. The number of benzene rings is 5. The maximum atomic E-state index is 13.6. The minimum atomic E-state index is -3.84. The molecule has 9 aromatic rings. The summed E-state index contributed by atoms with van der Waals surface area (Å²) in [5, 5.41) is 9.62. The molecule has 4 heterocycles. The van der Waals surface area contributed by atoms with E-state index in [1.807, 2.05) is 91.1 Å². The molecule has 5 aromatic carbocycles. The maximum Gasteiger partial charge on any atom is 0.268 e. The van der Waals surface area contributed by atoms with Crippen molar-refractivity contribution in [2.24, 2.45) is 0 Å². The molecule has 2 fully saturated rings. The number of para-hydroxylation sites is 2. The fraction of sp³-hybridized carbons (Fsp3) is 0.236. The number of rotatable bonds is 12. The fourth-order valence-electron chi connectivity index (χ4n) is 9.37. The number of halogens is 2. The Labute approximate surface area is 429 Å².